The Kier molecular flexibility index (Phi) is 3.75. The molecule has 1 aliphatic rings. The molecule has 1 saturated heterocycles. The minimum atomic E-state index is -0.00796. The number of ether oxygens (including phenoxy) is 1. The number of nitrogens with zero attached hydrogens (tertiary/aromatic N) is 3. The van der Waals surface area contributed by atoms with Gasteiger partial charge < -0.3 is 19.5 Å². The molecule has 6 nitrogen and oxygen atoms in total. The van der Waals surface area contributed by atoms with Crippen LogP contribution >= 0.6 is 0 Å². The van der Waals surface area contributed by atoms with E-state index in [1.165, 1.54) is 7.11 Å². The summed E-state index contributed by atoms with van der Waals surface area (Å²) in [5.41, 5.74) is 0. The molecule has 1 atom stereocenters. The van der Waals surface area contributed by atoms with Gasteiger partial charge in [0.05, 0.1) is 0 Å². The third-order valence-corrected chi connectivity index (χ3v) is 2.99. The highest BCUT2D eigenvalue weighted by Crippen LogP contribution is 2.20. The Morgan fingerprint density at radius 3 is 3.18 bits per heavy atom. The molecule has 2 rings (SSSR count). The monoisotopic (exact) mass is 238 g/mol. The summed E-state index contributed by atoms with van der Waals surface area (Å²) in [5.74, 6) is 0.920. The lowest BCUT2D eigenvalue weighted by Gasteiger charge is -2.35. The fourth-order valence-electron chi connectivity index (χ4n) is 2.14. The molecule has 94 valence electrons. The van der Waals surface area contributed by atoms with Gasteiger partial charge in [0.2, 0.25) is 5.91 Å². The van der Waals surface area contributed by atoms with E-state index in [9.17, 15) is 4.79 Å². The fraction of sp³-hybridized carbons (Fsp3) is 0.636. The zero-order chi connectivity index (χ0) is 12.3. The van der Waals surface area contributed by atoms with Crippen molar-refractivity contribution >= 4 is 5.91 Å². The molecule has 0 aliphatic carbocycles. The van der Waals surface area contributed by atoms with Crippen LogP contribution in [0.4, 0.5) is 0 Å². The number of hydrogen-bond donors (Lipinski definition) is 1. The van der Waals surface area contributed by atoms with E-state index in [0.717, 1.165) is 18.9 Å². The molecule has 1 amide bonds. The molecule has 1 unspecified atom stereocenters. The number of amides is 1. The Labute approximate surface area is 101 Å². The maximum Gasteiger partial charge on any atom is 0.249 e. The molecule has 0 saturated carbocycles. The highest BCUT2D eigenvalue weighted by molar-refractivity contribution is 5.78. The lowest BCUT2D eigenvalue weighted by atomic mass is 10.1. The first kappa shape index (κ1) is 12.1. The molecular weight excluding hydrogens is 220 g/mol. The number of carbonyl (C=O) groups excluding carboxylic acids is 1. The van der Waals surface area contributed by atoms with E-state index >= 15 is 0 Å². The number of nitrogens with one attached hydrogen (secondary N) is 1. The molecule has 1 aliphatic heterocycles. The van der Waals surface area contributed by atoms with E-state index in [4.69, 9.17) is 4.74 Å². The Balaban J connectivity index is 2.18. The Morgan fingerprint density at radius 2 is 2.53 bits per heavy atom. The van der Waals surface area contributed by atoms with Gasteiger partial charge >= 0.3 is 0 Å². The lowest BCUT2D eigenvalue weighted by Crippen LogP contribution is -2.50. The smallest absolute Gasteiger partial charge is 0.249 e. The van der Waals surface area contributed by atoms with E-state index in [2.05, 4.69) is 10.3 Å². The van der Waals surface area contributed by atoms with Gasteiger partial charge in [-0.15, -0.1) is 0 Å². The number of hydrogen-bond acceptors (Lipinski definition) is 4. The Morgan fingerprint density at radius 1 is 1.71 bits per heavy atom. The lowest BCUT2D eigenvalue weighted by molar-refractivity contribution is -0.138. The summed E-state index contributed by atoms with van der Waals surface area (Å²) >= 11 is 0. The molecule has 0 spiro atoms. The van der Waals surface area contributed by atoms with Crippen LogP contribution in [0.2, 0.25) is 0 Å². The number of aromatic nitrogens is 2. The molecule has 1 aromatic heterocycles. The predicted molar refractivity (Wildman–Crippen MR) is 62.4 cm³/mol. The second kappa shape index (κ2) is 5.29. The van der Waals surface area contributed by atoms with E-state index in [1.54, 1.807) is 6.20 Å². The van der Waals surface area contributed by atoms with Crippen LogP contribution in [0.25, 0.3) is 0 Å². The standard InChI is InChI=1S/C11H18N4O2/c1-14-5-4-13-11(14)9-7-12-3-6-15(9)10(16)8-17-2/h4-5,9,12H,3,6-8H2,1-2H3. The highest BCUT2D eigenvalue weighted by Gasteiger charge is 2.29. The van der Waals surface area contributed by atoms with Crippen LogP contribution in [0.1, 0.15) is 11.9 Å². The van der Waals surface area contributed by atoms with Crippen molar-refractivity contribution in [3.8, 4) is 0 Å². The van der Waals surface area contributed by atoms with E-state index in [1.807, 2.05) is 22.7 Å². The van der Waals surface area contributed by atoms with Gasteiger partial charge in [-0.05, 0) is 0 Å². The second-order valence-electron chi connectivity index (χ2n) is 4.14. The van der Waals surface area contributed by atoms with Crippen molar-refractivity contribution in [3.63, 3.8) is 0 Å². The van der Waals surface area contributed by atoms with Gasteiger partial charge in [0.15, 0.2) is 0 Å². The molecule has 1 N–H and O–H groups in total. The average Bonchev–Trinajstić information content (AvgIpc) is 2.76. The molecule has 1 aromatic rings. The number of piperazine rings is 1. The van der Waals surface area contributed by atoms with E-state index in [0.29, 0.717) is 6.54 Å². The van der Waals surface area contributed by atoms with Gasteiger partial charge in [0, 0.05) is 46.2 Å². The van der Waals surface area contributed by atoms with Gasteiger partial charge in [-0.2, -0.15) is 0 Å². The summed E-state index contributed by atoms with van der Waals surface area (Å²) in [6.07, 6.45) is 3.64. The van der Waals surface area contributed by atoms with Crippen molar-refractivity contribution in [1.29, 1.82) is 0 Å². The molecule has 6 heteroatoms. The molecule has 0 radical (unpaired) electrons. The number of carbonyl (C=O) groups is 1. The summed E-state index contributed by atoms with van der Waals surface area (Å²) in [4.78, 5) is 18.1. The molecule has 1 fully saturated rings. The number of rotatable bonds is 3. The molecular formula is C11H18N4O2. The number of methoxy groups -OCH3 is 1. The Bertz CT molecular complexity index is 391. The van der Waals surface area contributed by atoms with Crippen molar-refractivity contribution < 1.29 is 9.53 Å². The first-order chi connectivity index (χ1) is 8.24. The van der Waals surface area contributed by atoms with Crippen LogP contribution in [0, 0.1) is 0 Å². The topological polar surface area (TPSA) is 59.4 Å². The first-order valence-corrected chi connectivity index (χ1v) is 5.70. The number of imidazole rings is 1. The summed E-state index contributed by atoms with van der Waals surface area (Å²) in [6, 6.07) is -0.00796. The van der Waals surface area contributed by atoms with Crippen LogP contribution in [0.5, 0.6) is 0 Å². The zero-order valence-electron chi connectivity index (χ0n) is 10.2. The van der Waals surface area contributed by atoms with Crippen LogP contribution in [-0.4, -0.2) is 53.7 Å². The zero-order valence-corrected chi connectivity index (χ0v) is 10.2. The van der Waals surface area contributed by atoms with Crippen molar-refractivity contribution in [2.75, 3.05) is 33.4 Å². The normalized spacial score (nSPS) is 20.6. The van der Waals surface area contributed by atoms with Crippen molar-refractivity contribution in [2.24, 2.45) is 7.05 Å². The van der Waals surface area contributed by atoms with Gasteiger partial charge in [0.25, 0.3) is 0 Å². The average molecular weight is 238 g/mol. The third-order valence-electron chi connectivity index (χ3n) is 2.99. The van der Waals surface area contributed by atoms with Crippen LogP contribution in [0.3, 0.4) is 0 Å². The quantitative estimate of drug-likeness (QED) is 0.774. The van der Waals surface area contributed by atoms with Crippen LogP contribution < -0.4 is 5.32 Å². The van der Waals surface area contributed by atoms with Gasteiger partial charge in [-0.3, -0.25) is 4.79 Å². The van der Waals surface area contributed by atoms with Crippen molar-refractivity contribution in [1.82, 2.24) is 19.8 Å². The predicted octanol–water partition coefficient (Wildman–Crippen LogP) is -0.461. The highest BCUT2D eigenvalue weighted by atomic mass is 16.5. The fourth-order valence-corrected chi connectivity index (χ4v) is 2.14. The first-order valence-electron chi connectivity index (χ1n) is 5.70. The van der Waals surface area contributed by atoms with E-state index in [-0.39, 0.29) is 18.6 Å². The third kappa shape index (κ3) is 2.48. The maximum absolute atomic E-state index is 12.0. The minimum absolute atomic E-state index is 0.00796. The summed E-state index contributed by atoms with van der Waals surface area (Å²) < 4.78 is 6.86. The summed E-state index contributed by atoms with van der Waals surface area (Å²) in [7, 11) is 3.48. The molecule has 0 bridgehead atoms. The largest absolute Gasteiger partial charge is 0.375 e. The molecule has 17 heavy (non-hydrogen) atoms. The van der Waals surface area contributed by atoms with Crippen molar-refractivity contribution in [2.45, 2.75) is 6.04 Å². The van der Waals surface area contributed by atoms with Gasteiger partial charge in [0.1, 0.15) is 18.5 Å². The van der Waals surface area contributed by atoms with Crippen molar-refractivity contribution in [3.05, 3.63) is 18.2 Å². The van der Waals surface area contributed by atoms with Gasteiger partial charge in [-0.1, -0.05) is 0 Å². The maximum atomic E-state index is 12.0. The van der Waals surface area contributed by atoms with Gasteiger partial charge in [-0.25, -0.2) is 4.98 Å². The summed E-state index contributed by atoms with van der Waals surface area (Å²) in [5, 5.41) is 3.29. The number of aryl methyl sites for hydroxylation is 1. The SMILES string of the molecule is COCC(=O)N1CCNCC1c1nccn1C. The Hall–Kier alpha value is -1.40. The van der Waals surface area contributed by atoms with E-state index < -0.39 is 0 Å². The molecule has 0 aromatic carbocycles. The minimum Gasteiger partial charge on any atom is -0.375 e. The van der Waals surface area contributed by atoms with Crippen LogP contribution in [0.15, 0.2) is 12.4 Å². The second-order valence-corrected chi connectivity index (χ2v) is 4.14. The molecule has 2 heterocycles. The summed E-state index contributed by atoms with van der Waals surface area (Å²) in [6.45, 7) is 2.37. The van der Waals surface area contributed by atoms with Crippen LogP contribution in [-0.2, 0) is 16.6 Å².